The molecule has 0 saturated heterocycles. The van der Waals surface area contributed by atoms with Gasteiger partial charge >= 0.3 is 0 Å². The molecule has 0 amide bonds. The molecule has 0 spiro atoms. The number of fused-ring (bicyclic) bond motifs is 1. The van der Waals surface area contributed by atoms with E-state index >= 15 is 0 Å². The summed E-state index contributed by atoms with van der Waals surface area (Å²) in [7, 11) is 0. The predicted molar refractivity (Wildman–Crippen MR) is 89.6 cm³/mol. The Morgan fingerprint density at radius 2 is 2.00 bits per heavy atom. The molecule has 3 heteroatoms. The molecule has 0 aromatic heterocycles. The molecule has 1 atom stereocenters. The largest absolute Gasteiger partial charge is 0.207 e. The van der Waals surface area contributed by atoms with Gasteiger partial charge in [-0.25, -0.2) is 4.39 Å². The van der Waals surface area contributed by atoms with Crippen molar-refractivity contribution in [1.29, 1.82) is 0 Å². The van der Waals surface area contributed by atoms with Crippen LogP contribution in [0.1, 0.15) is 29.5 Å². The minimum Gasteiger partial charge on any atom is -0.207 e. The van der Waals surface area contributed by atoms with Crippen molar-refractivity contribution in [3.05, 3.63) is 69.4 Å². The first-order chi connectivity index (χ1) is 10.1. The first-order valence-corrected chi connectivity index (χ1v) is 8.56. The van der Waals surface area contributed by atoms with Crippen LogP contribution in [-0.4, -0.2) is 5.88 Å². The van der Waals surface area contributed by atoms with Crippen molar-refractivity contribution in [2.75, 3.05) is 5.88 Å². The molecule has 0 heterocycles. The zero-order chi connectivity index (χ0) is 14.9. The summed E-state index contributed by atoms with van der Waals surface area (Å²) in [5.74, 6) is 0.378. The van der Waals surface area contributed by atoms with Crippen LogP contribution in [0.15, 0.2) is 46.9 Å². The van der Waals surface area contributed by atoms with Gasteiger partial charge in [-0.3, -0.25) is 0 Å². The van der Waals surface area contributed by atoms with Crippen LogP contribution in [-0.2, 0) is 18.3 Å². The van der Waals surface area contributed by atoms with E-state index in [-0.39, 0.29) is 11.2 Å². The molecule has 0 saturated carbocycles. The summed E-state index contributed by atoms with van der Waals surface area (Å²) in [5.41, 5.74) is 3.84. The van der Waals surface area contributed by atoms with E-state index in [2.05, 4.69) is 40.2 Å². The highest BCUT2D eigenvalue weighted by atomic mass is 79.9. The van der Waals surface area contributed by atoms with Gasteiger partial charge in [0.2, 0.25) is 0 Å². The molecule has 110 valence electrons. The van der Waals surface area contributed by atoms with Gasteiger partial charge in [-0.05, 0) is 54.5 Å². The maximum atomic E-state index is 13.3. The van der Waals surface area contributed by atoms with Crippen LogP contribution in [0.5, 0.6) is 0 Å². The minimum absolute atomic E-state index is 0.0449. The molecule has 21 heavy (non-hydrogen) atoms. The Kier molecular flexibility index (Phi) is 4.37. The second-order valence-corrected chi connectivity index (χ2v) is 6.96. The summed E-state index contributed by atoms with van der Waals surface area (Å²) in [6.45, 7) is 0. The van der Waals surface area contributed by atoms with E-state index in [4.69, 9.17) is 11.6 Å². The topological polar surface area (TPSA) is 0 Å². The zero-order valence-corrected chi connectivity index (χ0v) is 14.1. The van der Waals surface area contributed by atoms with Gasteiger partial charge in [0.05, 0.1) is 0 Å². The Morgan fingerprint density at radius 3 is 2.76 bits per heavy atom. The molecule has 1 aliphatic rings. The van der Waals surface area contributed by atoms with Gasteiger partial charge < -0.3 is 0 Å². The Morgan fingerprint density at radius 1 is 1.19 bits per heavy atom. The fourth-order valence-electron chi connectivity index (χ4n) is 3.41. The zero-order valence-electron chi connectivity index (χ0n) is 11.7. The van der Waals surface area contributed by atoms with Crippen molar-refractivity contribution in [2.45, 2.75) is 31.1 Å². The van der Waals surface area contributed by atoms with Crippen molar-refractivity contribution in [3.63, 3.8) is 0 Å². The first-order valence-electron chi connectivity index (χ1n) is 7.23. The third-order valence-corrected chi connectivity index (χ3v) is 5.74. The molecular weight excluding hydrogens is 351 g/mol. The molecule has 1 aliphatic carbocycles. The average Bonchev–Trinajstić information content (AvgIpc) is 2.50. The van der Waals surface area contributed by atoms with Crippen LogP contribution >= 0.6 is 27.5 Å². The Labute approximate surface area is 138 Å². The monoisotopic (exact) mass is 366 g/mol. The van der Waals surface area contributed by atoms with Crippen molar-refractivity contribution in [2.24, 2.45) is 0 Å². The van der Waals surface area contributed by atoms with Gasteiger partial charge in [-0.1, -0.05) is 46.3 Å². The number of hydrogen-bond donors (Lipinski definition) is 0. The second kappa shape index (κ2) is 6.10. The van der Waals surface area contributed by atoms with Crippen LogP contribution in [0.2, 0.25) is 0 Å². The van der Waals surface area contributed by atoms with Crippen molar-refractivity contribution in [3.8, 4) is 0 Å². The predicted octanol–water partition coefficient (Wildman–Crippen LogP) is 5.64. The summed E-state index contributed by atoms with van der Waals surface area (Å²) < 4.78 is 14.1. The molecule has 2 aromatic rings. The van der Waals surface area contributed by atoms with Gasteiger partial charge in [-0.15, -0.1) is 11.6 Å². The van der Waals surface area contributed by atoms with Crippen molar-refractivity contribution < 1.29 is 4.39 Å². The molecule has 0 aliphatic heterocycles. The van der Waals surface area contributed by atoms with Crippen LogP contribution in [0.3, 0.4) is 0 Å². The number of benzene rings is 2. The van der Waals surface area contributed by atoms with Gasteiger partial charge in [0.1, 0.15) is 5.82 Å². The maximum Gasteiger partial charge on any atom is 0.124 e. The lowest BCUT2D eigenvalue weighted by Gasteiger charge is -2.38. The van der Waals surface area contributed by atoms with E-state index in [1.807, 2.05) is 6.07 Å². The molecule has 0 bridgehead atoms. The Bertz CT molecular complexity index is 655. The highest BCUT2D eigenvalue weighted by Gasteiger charge is 2.36. The summed E-state index contributed by atoms with van der Waals surface area (Å²) in [6.07, 6.45) is 4.20. The molecule has 0 nitrogen and oxygen atoms in total. The molecule has 3 rings (SSSR count). The van der Waals surface area contributed by atoms with E-state index in [1.165, 1.54) is 23.3 Å². The number of alkyl halides is 1. The fraction of sp³-hybridized carbons (Fsp3) is 0.333. The number of aryl methyl sites for hydroxylation is 1. The summed E-state index contributed by atoms with van der Waals surface area (Å²) in [4.78, 5) is 0. The smallest absolute Gasteiger partial charge is 0.124 e. The minimum atomic E-state index is -0.213. The van der Waals surface area contributed by atoms with Crippen molar-refractivity contribution in [1.82, 2.24) is 0 Å². The summed E-state index contributed by atoms with van der Waals surface area (Å²) in [5, 5.41) is 0. The first kappa shape index (κ1) is 15.1. The number of hydrogen-bond acceptors (Lipinski definition) is 0. The molecule has 2 aromatic carbocycles. The Hall–Kier alpha value is -0.860. The molecule has 1 unspecified atom stereocenters. The third kappa shape index (κ3) is 2.89. The van der Waals surface area contributed by atoms with Gasteiger partial charge in [-0.2, -0.15) is 0 Å². The van der Waals surface area contributed by atoms with E-state index in [0.29, 0.717) is 5.88 Å². The molecule has 0 N–H and O–H groups in total. The lowest BCUT2D eigenvalue weighted by Crippen LogP contribution is -2.35. The van der Waals surface area contributed by atoms with Gasteiger partial charge in [0.25, 0.3) is 0 Å². The molecule has 0 fully saturated rings. The molecular formula is C18H17BrClF. The number of halogens is 3. The van der Waals surface area contributed by atoms with Gasteiger partial charge in [0.15, 0.2) is 0 Å². The Balaban J connectivity index is 2.02. The standard InChI is InChI=1S/C18H17BrClF/c19-17-10-15(21)8-7-14(17)11-18(12-20)9-3-5-13-4-1-2-6-16(13)18/h1-2,4,6-8,10H,3,5,9,11-12H2. The highest BCUT2D eigenvalue weighted by molar-refractivity contribution is 9.10. The quantitative estimate of drug-likeness (QED) is 0.615. The third-order valence-electron chi connectivity index (χ3n) is 4.49. The fourth-order valence-corrected chi connectivity index (χ4v) is 4.27. The van der Waals surface area contributed by atoms with Crippen LogP contribution in [0.25, 0.3) is 0 Å². The van der Waals surface area contributed by atoms with E-state index in [0.717, 1.165) is 35.7 Å². The van der Waals surface area contributed by atoms with E-state index in [9.17, 15) is 4.39 Å². The van der Waals surface area contributed by atoms with Crippen molar-refractivity contribution >= 4 is 27.5 Å². The van der Waals surface area contributed by atoms with Crippen LogP contribution in [0.4, 0.5) is 4.39 Å². The average molecular weight is 368 g/mol. The SMILES string of the molecule is Fc1ccc(CC2(CCl)CCCc3ccccc32)c(Br)c1. The number of rotatable bonds is 3. The van der Waals surface area contributed by atoms with Crippen LogP contribution in [0, 0.1) is 5.82 Å². The lowest BCUT2D eigenvalue weighted by atomic mass is 9.68. The van der Waals surface area contributed by atoms with Gasteiger partial charge in [0, 0.05) is 15.8 Å². The molecule has 0 radical (unpaired) electrons. The van der Waals surface area contributed by atoms with Crippen LogP contribution < -0.4 is 0 Å². The summed E-state index contributed by atoms with van der Waals surface area (Å²) >= 11 is 9.89. The highest BCUT2D eigenvalue weighted by Crippen LogP contribution is 2.42. The second-order valence-electron chi connectivity index (χ2n) is 5.84. The summed E-state index contributed by atoms with van der Waals surface area (Å²) in [6, 6.07) is 13.5. The van der Waals surface area contributed by atoms with E-state index in [1.54, 1.807) is 0 Å². The van der Waals surface area contributed by atoms with E-state index < -0.39 is 0 Å². The maximum absolute atomic E-state index is 13.3. The lowest BCUT2D eigenvalue weighted by molar-refractivity contribution is 0.396. The normalized spacial score (nSPS) is 21.1.